The Balaban J connectivity index is 1.43. The van der Waals surface area contributed by atoms with Crippen LogP contribution in [0.2, 0.25) is 0 Å². The molecule has 47 heavy (non-hydrogen) atoms. The number of rotatable bonds is 11. The first-order valence-electron chi connectivity index (χ1n) is 17.8. The summed E-state index contributed by atoms with van der Waals surface area (Å²) in [6.07, 6.45) is 21.7. The minimum Gasteiger partial charge on any atom is -0.371 e. The number of nitrogens with zero attached hydrogens (tertiary/aromatic N) is 2. The minimum absolute atomic E-state index is 0.0475. The van der Waals surface area contributed by atoms with Crippen LogP contribution in [0.3, 0.4) is 0 Å². The van der Waals surface area contributed by atoms with E-state index in [1.54, 1.807) is 0 Å². The first kappa shape index (κ1) is 36.8. The number of fused-ring (bicyclic) bond motifs is 2. The predicted octanol–water partition coefficient (Wildman–Crippen LogP) is 7.54. The fourth-order valence-electron chi connectivity index (χ4n) is 9.72. The normalized spacial score (nSPS) is 31.3. The molecule has 1 saturated heterocycles. The maximum absolute atomic E-state index is 11.5. The van der Waals surface area contributed by atoms with E-state index in [1.165, 1.54) is 49.9 Å². The van der Waals surface area contributed by atoms with Gasteiger partial charge < -0.3 is 4.90 Å². The zero-order chi connectivity index (χ0) is 34.2. The van der Waals surface area contributed by atoms with Crippen molar-refractivity contribution in [2.24, 2.45) is 22.7 Å². The number of allylic oxidation sites excluding steroid dienone is 8. The number of likely N-dealkylation sites (tertiary alicyclic amines) is 1. The molecule has 0 aromatic carbocycles. The molecule has 5 aliphatic rings. The molecule has 4 atom stereocenters. The summed E-state index contributed by atoms with van der Waals surface area (Å²) in [7, 11) is -8.00. The molecule has 2 N–H and O–H groups in total. The highest BCUT2D eigenvalue weighted by molar-refractivity contribution is 7.86. The van der Waals surface area contributed by atoms with E-state index in [4.69, 9.17) is 11.6 Å². The summed E-state index contributed by atoms with van der Waals surface area (Å²) in [6, 6.07) is 0.771. The second-order valence-corrected chi connectivity index (χ2v) is 19.2. The number of hydrogen-bond acceptors (Lipinski definition) is 5. The van der Waals surface area contributed by atoms with Gasteiger partial charge >= 0.3 is 0 Å². The van der Waals surface area contributed by atoms with Crippen molar-refractivity contribution in [1.82, 2.24) is 4.90 Å². The molecule has 0 amide bonds. The van der Waals surface area contributed by atoms with Crippen molar-refractivity contribution in [3.8, 4) is 0 Å². The molecule has 0 radical (unpaired) electrons. The Hall–Kier alpha value is -1.46. The van der Waals surface area contributed by atoms with E-state index in [0.29, 0.717) is 49.9 Å². The fourth-order valence-corrected chi connectivity index (χ4v) is 11.0. The van der Waals surface area contributed by atoms with Gasteiger partial charge in [0, 0.05) is 53.6 Å². The van der Waals surface area contributed by atoms with Gasteiger partial charge in [-0.05, 0) is 88.4 Å². The molecule has 0 aromatic heterocycles. The topological polar surface area (TPSA) is 115 Å². The van der Waals surface area contributed by atoms with E-state index in [1.807, 2.05) is 0 Å². The summed E-state index contributed by atoms with van der Waals surface area (Å²) in [5.74, 6) is 0.571. The quantitative estimate of drug-likeness (QED) is 0.168. The summed E-state index contributed by atoms with van der Waals surface area (Å²) in [5, 5.41) is 0.794. The van der Waals surface area contributed by atoms with Crippen LogP contribution in [-0.2, 0) is 20.2 Å². The molecule has 3 fully saturated rings. The van der Waals surface area contributed by atoms with Crippen LogP contribution < -0.4 is 0 Å². The van der Waals surface area contributed by atoms with Gasteiger partial charge in [0.1, 0.15) is 6.54 Å². The second-order valence-electron chi connectivity index (χ2n) is 15.7. The molecule has 0 bridgehead atoms. The molecule has 2 saturated carbocycles. The van der Waals surface area contributed by atoms with Crippen LogP contribution in [0.4, 0.5) is 0 Å². The van der Waals surface area contributed by atoms with Crippen LogP contribution >= 0.6 is 11.6 Å². The van der Waals surface area contributed by atoms with Gasteiger partial charge in [0.05, 0.1) is 16.9 Å². The third-order valence-corrected chi connectivity index (χ3v) is 14.1. The highest BCUT2D eigenvalue weighted by Gasteiger charge is 2.54. The van der Waals surface area contributed by atoms with E-state index < -0.39 is 20.2 Å². The molecular weight excluding hydrogens is 656 g/mol. The average Bonchev–Trinajstić information content (AvgIpc) is 3.33. The van der Waals surface area contributed by atoms with Crippen LogP contribution in [0.5, 0.6) is 0 Å². The van der Waals surface area contributed by atoms with E-state index in [-0.39, 0.29) is 22.3 Å². The van der Waals surface area contributed by atoms with Crippen molar-refractivity contribution in [3.63, 3.8) is 0 Å². The van der Waals surface area contributed by atoms with Gasteiger partial charge in [0.15, 0.2) is 11.8 Å². The minimum atomic E-state index is -4.00. The van der Waals surface area contributed by atoms with Crippen LogP contribution in [0, 0.1) is 22.7 Å². The summed E-state index contributed by atoms with van der Waals surface area (Å²) in [5.41, 5.74) is 4.60. The maximum atomic E-state index is 11.5. The molecule has 8 nitrogen and oxygen atoms in total. The number of halogens is 1. The molecule has 4 unspecified atom stereocenters. The Bertz CT molecular complexity index is 1570. The zero-order valence-corrected chi connectivity index (χ0v) is 31.1. The third-order valence-electron chi connectivity index (χ3n) is 12.0. The third kappa shape index (κ3) is 8.30. The molecule has 264 valence electrons. The van der Waals surface area contributed by atoms with Gasteiger partial charge in [0.2, 0.25) is 0 Å². The van der Waals surface area contributed by atoms with Crippen molar-refractivity contribution in [3.05, 3.63) is 46.2 Å². The summed E-state index contributed by atoms with van der Waals surface area (Å²) >= 11 is 7.15. The number of hydrogen-bond donors (Lipinski definition) is 2. The first-order valence-corrected chi connectivity index (χ1v) is 21.4. The lowest BCUT2D eigenvalue weighted by molar-refractivity contribution is -0.566. The highest BCUT2D eigenvalue weighted by Crippen LogP contribution is 2.53. The standard InChI is InChI=1S/C36H55ClN2O6S2/c1-35(2)28-14-5-7-16-30(28)38(22-10-24-46(40,41)42)32(35)20-18-26-12-9-13-27(34(26)37)19-21-33-36(3,4)29-15-6-8-17-31(29)39(33)23-11-25-47(43,44)45/h18-21,28-31H,5-17,22-25H2,1-4H3,(H-,40,41,42,43,44,45)/p+1. The maximum Gasteiger partial charge on any atom is 0.265 e. The van der Waals surface area contributed by atoms with Crippen molar-refractivity contribution >= 4 is 37.5 Å². The molecular formula is C36H56ClN2O6S2+. The molecule has 0 aromatic rings. The molecule has 2 heterocycles. The van der Waals surface area contributed by atoms with Crippen LogP contribution in [-0.4, -0.2) is 77.8 Å². The van der Waals surface area contributed by atoms with E-state index >= 15 is 0 Å². The van der Waals surface area contributed by atoms with Crippen molar-refractivity contribution in [2.75, 3.05) is 24.6 Å². The van der Waals surface area contributed by atoms with Gasteiger partial charge in [-0.15, -0.1) is 0 Å². The van der Waals surface area contributed by atoms with Gasteiger partial charge in [-0.2, -0.15) is 16.8 Å². The fraction of sp³-hybridized carbons (Fsp3) is 0.750. The van der Waals surface area contributed by atoms with Crippen LogP contribution in [0.1, 0.15) is 111 Å². The van der Waals surface area contributed by atoms with E-state index in [2.05, 4.69) is 61.5 Å². The monoisotopic (exact) mass is 711 g/mol. The molecule has 11 heteroatoms. The highest BCUT2D eigenvalue weighted by atomic mass is 35.5. The van der Waals surface area contributed by atoms with Crippen molar-refractivity contribution in [2.45, 2.75) is 123 Å². The SMILES string of the molecule is CC1(C)C(/C=C/C2=C(Cl)C(=C/C=C3/N(CCCS(=O)(=O)O)C4CCCCC4C3(C)C)/CCC2)=[N+](CCCS(=O)(=O)O)C2CCCCC21. The Morgan fingerprint density at radius 1 is 0.809 bits per heavy atom. The van der Waals surface area contributed by atoms with Gasteiger partial charge in [-0.25, -0.2) is 4.58 Å². The predicted molar refractivity (Wildman–Crippen MR) is 190 cm³/mol. The summed E-state index contributed by atoms with van der Waals surface area (Å²) in [4.78, 5) is 2.42. The molecule has 0 spiro atoms. The molecule has 3 aliphatic carbocycles. The van der Waals surface area contributed by atoms with Crippen molar-refractivity contribution in [1.29, 1.82) is 0 Å². The Kier molecular flexibility index (Phi) is 11.3. The van der Waals surface area contributed by atoms with Crippen molar-refractivity contribution < 1.29 is 30.5 Å². The molecule has 5 rings (SSSR count). The lowest BCUT2D eigenvalue weighted by Crippen LogP contribution is -2.35. The Morgan fingerprint density at radius 3 is 2.15 bits per heavy atom. The lowest BCUT2D eigenvalue weighted by atomic mass is 9.69. The average molecular weight is 712 g/mol. The Morgan fingerprint density at radius 2 is 1.45 bits per heavy atom. The van der Waals surface area contributed by atoms with E-state index in [9.17, 15) is 25.9 Å². The van der Waals surface area contributed by atoms with Crippen LogP contribution in [0.15, 0.2) is 46.2 Å². The van der Waals surface area contributed by atoms with Crippen LogP contribution in [0.25, 0.3) is 0 Å². The summed E-state index contributed by atoms with van der Waals surface area (Å²) in [6.45, 7) is 10.5. The largest absolute Gasteiger partial charge is 0.371 e. The second kappa shape index (κ2) is 14.4. The molecule has 2 aliphatic heterocycles. The summed E-state index contributed by atoms with van der Waals surface area (Å²) < 4.78 is 67.1. The van der Waals surface area contributed by atoms with Gasteiger partial charge in [-0.1, -0.05) is 56.9 Å². The van der Waals surface area contributed by atoms with Gasteiger partial charge in [-0.3, -0.25) is 9.11 Å². The smallest absolute Gasteiger partial charge is 0.265 e. The first-order chi connectivity index (χ1) is 22.0. The van der Waals surface area contributed by atoms with Gasteiger partial charge in [0.25, 0.3) is 20.2 Å². The zero-order valence-electron chi connectivity index (χ0n) is 28.8. The van der Waals surface area contributed by atoms with E-state index in [0.717, 1.165) is 48.3 Å². The lowest BCUT2D eigenvalue weighted by Gasteiger charge is -2.34. The Labute approximate surface area is 288 Å².